The van der Waals surface area contributed by atoms with E-state index < -0.39 is 6.57 Å². The third-order valence-electron chi connectivity index (χ3n) is 2.83. The van der Waals surface area contributed by atoms with Crippen molar-refractivity contribution in [3.8, 4) is 0 Å². The van der Waals surface area contributed by atoms with E-state index >= 15 is 0 Å². The molecule has 2 atom stereocenters. The Morgan fingerprint density at radius 2 is 1.53 bits per heavy atom. The van der Waals surface area contributed by atoms with E-state index in [2.05, 4.69) is 46.4 Å². The molecule has 0 aromatic carbocycles. The van der Waals surface area contributed by atoms with Crippen molar-refractivity contribution >= 4 is 18.0 Å². The average molecular weight is 281 g/mol. The zero-order valence-corrected chi connectivity index (χ0v) is 13.9. The summed E-state index contributed by atoms with van der Waals surface area (Å²) in [6.07, 6.45) is 0. The molecular formula is C12H28NO2PS. The van der Waals surface area contributed by atoms with Crippen LogP contribution in [0.3, 0.4) is 0 Å². The Bertz CT molecular complexity index is 255. The molecule has 0 aromatic heterocycles. The normalized spacial score (nSPS) is 18.1. The second kappa shape index (κ2) is 7.18. The van der Waals surface area contributed by atoms with Crippen molar-refractivity contribution in [3.63, 3.8) is 0 Å². The Kier molecular flexibility index (Phi) is 7.39. The summed E-state index contributed by atoms with van der Waals surface area (Å²) < 4.78 is 11.4. The van der Waals surface area contributed by atoms with Gasteiger partial charge in [-0.1, -0.05) is 25.2 Å². The molecule has 2 unspecified atom stereocenters. The molecule has 0 aliphatic carbocycles. The molecule has 1 N–H and O–H groups in total. The van der Waals surface area contributed by atoms with Crippen molar-refractivity contribution in [3.05, 3.63) is 0 Å². The van der Waals surface area contributed by atoms with Gasteiger partial charge in [-0.15, -0.1) is 0 Å². The molecule has 0 fully saturated rings. The van der Waals surface area contributed by atoms with Crippen LogP contribution in [-0.4, -0.2) is 40.3 Å². The molecule has 0 aliphatic heterocycles. The fourth-order valence-electron chi connectivity index (χ4n) is 2.20. The quantitative estimate of drug-likeness (QED) is 0.723. The van der Waals surface area contributed by atoms with Gasteiger partial charge in [0.25, 0.3) is 6.57 Å². The van der Waals surface area contributed by atoms with Gasteiger partial charge in [-0.25, -0.2) is 0 Å². The topological polar surface area (TPSA) is 40.5 Å². The summed E-state index contributed by atoms with van der Waals surface area (Å²) in [4.78, 5) is 11.8. The molecule has 5 heteroatoms. The van der Waals surface area contributed by atoms with E-state index in [4.69, 9.17) is 0 Å². The smallest absolute Gasteiger partial charge is 0.252 e. The summed E-state index contributed by atoms with van der Waals surface area (Å²) in [6, 6.07) is 1.26. The molecule has 0 heterocycles. The van der Waals surface area contributed by atoms with Crippen molar-refractivity contribution < 1.29 is 9.46 Å². The van der Waals surface area contributed by atoms with Crippen LogP contribution in [0, 0.1) is 5.92 Å². The first-order valence-electron chi connectivity index (χ1n) is 6.28. The van der Waals surface area contributed by atoms with E-state index in [1.54, 1.807) is 0 Å². The second-order valence-corrected chi connectivity index (χ2v) is 10.5. The lowest BCUT2D eigenvalue weighted by Gasteiger charge is -2.40. The van der Waals surface area contributed by atoms with Crippen LogP contribution >= 0.6 is 18.0 Å². The third kappa shape index (κ3) is 6.85. The minimum atomic E-state index is -2.97. The van der Waals surface area contributed by atoms with Crippen molar-refractivity contribution in [2.45, 2.75) is 59.7 Å². The molecule has 0 bridgehead atoms. The zero-order valence-electron chi connectivity index (χ0n) is 12.2. The van der Waals surface area contributed by atoms with E-state index in [9.17, 15) is 9.46 Å². The Hall–Kier alpha value is 0.500. The molecule has 0 aliphatic rings. The van der Waals surface area contributed by atoms with Crippen LogP contribution in [0.4, 0.5) is 0 Å². The van der Waals surface area contributed by atoms with Crippen LogP contribution in [0.5, 0.6) is 0 Å². The van der Waals surface area contributed by atoms with Crippen LogP contribution in [0.2, 0.25) is 0 Å². The van der Waals surface area contributed by atoms with Crippen molar-refractivity contribution in [2.75, 3.05) is 12.4 Å². The Labute approximate surface area is 111 Å². The molecular weight excluding hydrogens is 253 g/mol. The molecule has 0 amide bonds. The summed E-state index contributed by atoms with van der Waals surface area (Å²) >= 11 is 1.20. The van der Waals surface area contributed by atoms with E-state index in [-0.39, 0.29) is 0 Å². The van der Waals surface area contributed by atoms with Crippen molar-refractivity contribution in [1.29, 1.82) is 0 Å². The fraction of sp³-hybridized carbons (Fsp3) is 1.00. The van der Waals surface area contributed by atoms with Crippen LogP contribution < -0.4 is 0 Å². The van der Waals surface area contributed by atoms with E-state index in [0.29, 0.717) is 24.0 Å². The van der Waals surface area contributed by atoms with Gasteiger partial charge >= 0.3 is 0 Å². The Balaban J connectivity index is 4.76. The molecule has 17 heavy (non-hydrogen) atoms. The Morgan fingerprint density at radius 3 is 1.76 bits per heavy atom. The molecule has 104 valence electrons. The van der Waals surface area contributed by atoms with Gasteiger partial charge in [-0.3, -0.25) is 9.46 Å². The van der Waals surface area contributed by atoms with Crippen LogP contribution in [0.25, 0.3) is 0 Å². The van der Waals surface area contributed by atoms with Gasteiger partial charge in [0.1, 0.15) is 0 Å². The van der Waals surface area contributed by atoms with Crippen LogP contribution in [0.15, 0.2) is 0 Å². The van der Waals surface area contributed by atoms with E-state index in [1.807, 2.05) is 0 Å². The number of hydrogen-bond acceptors (Lipinski definition) is 3. The first-order valence-corrected chi connectivity index (χ1v) is 9.98. The first kappa shape index (κ1) is 17.5. The fourth-order valence-corrected chi connectivity index (χ4v) is 4.47. The SMILES string of the molecule is CC(C)C(CSP(C)(=O)O)N(C(C)C)C(C)C. The number of hydrogen-bond donors (Lipinski definition) is 1. The van der Waals surface area contributed by atoms with Crippen molar-refractivity contribution in [2.24, 2.45) is 5.92 Å². The lowest BCUT2D eigenvalue weighted by Crippen LogP contribution is -2.48. The molecule has 0 aromatic rings. The third-order valence-corrected chi connectivity index (χ3v) is 5.68. The molecule has 0 spiro atoms. The minimum absolute atomic E-state index is 0.348. The minimum Gasteiger partial charge on any atom is -0.337 e. The highest BCUT2D eigenvalue weighted by Gasteiger charge is 2.28. The predicted octanol–water partition coefficient (Wildman–Crippen LogP) is 3.68. The maximum absolute atomic E-state index is 11.4. The van der Waals surface area contributed by atoms with Crippen LogP contribution in [-0.2, 0) is 4.57 Å². The van der Waals surface area contributed by atoms with Crippen molar-refractivity contribution in [1.82, 2.24) is 4.90 Å². The van der Waals surface area contributed by atoms with E-state index in [0.717, 1.165) is 5.75 Å². The largest absolute Gasteiger partial charge is 0.337 e. The van der Waals surface area contributed by atoms with Gasteiger partial charge in [-0.05, 0) is 33.6 Å². The summed E-state index contributed by atoms with van der Waals surface area (Å²) in [7, 11) is 0. The summed E-state index contributed by atoms with van der Waals surface area (Å²) in [6.45, 7) is 11.6. The van der Waals surface area contributed by atoms with Crippen LogP contribution in [0.1, 0.15) is 41.5 Å². The Morgan fingerprint density at radius 1 is 1.12 bits per heavy atom. The molecule has 0 rings (SSSR count). The zero-order chi connectivity index (χ0) is 13.8. The number of rotatable bonds is 7. The summed E-state index contributed by atoms with van der Waals surface area (Å²) in [5.74, 6) is 1.21. The highest BCUT2D eigenvalue weighted by Crippen LogP contribution is 2.51. The maximum Gasteiger partial charge on any atom is 0.252 e. The first-order chi connectivity index (χ1) is 7.56. The highest BCUT2D eigenvalue weighted by atomic mass is 32.7. The maximum atomic E-state index is 11.4. The molecule has 0 saturated heterocycles. The van der Waals surface area contributed by atoms with E-state index in [1.165, 1.54) is 18.0 Å². The monoisotopic (exact) mass is 281 g/mol. The van der Waals surface area contributed by atoms with Gasteiger partial charge in [-0.2, -0.15) is 0 Å². The lowest BCUT2D eigenvalue weighted by molar-refractivity contribution is 0.0970. The van der Waals surface area contributed by atoms with Gasteiger partial charge < -0.3 is 4.89 Å². The second-order valence-electron chi connectivity index (χ2n) is 5.54. The average Bonchev–Trinajstić information content (AvgIpc) is 2.07. The standard InChI is InChI=1S/C12H28NO2PS/c1-9(2)12(8-17-16(7,14)15)13(10(3)4)11(5)6/h9-12H,8H2,1-7H3,(H,14,15). The number of nitrogens with zero attached hydrogens (tertiary/aromatic N) is 1. The lowest BCUT2D eigenvalue weighted by atomic mass is 10.0. The predicted molar refractivity (Wildman–Crippen MR) is 78.9 cm³/mol. The summed E-state index contributed by atoms with van der Waals surface area (Å²) in [5, 5.41) is 0. The van der Waals surface area contributed by atoms with Gasteiger partial charge in [0, 0.05) is 30.5 Å². The summed E-state index contributed by atoms with van der Waals surface area (Å²) in [5.41, 5.74) is 0. The molecule has 0 radical (unpaired) electrons. The highest BCUT2D eigenvalue weighted by molar-refractivity contribution is 8.56. The van der Waals surface area contributed by atoms with Gasteiger partial charge in [0.05, 0.1) is 0 Å². The van der Waals surface area contributed by atoms with Gasteiger partial charge in [0.2, 0.25) is 0 Å². The molecule has 3 nitrogen and oxygen atoms in total. The molecule has 0 saturated carbocycles. The van der Waals surface area contributed by atoms with Gasteiger partial charge in [0.15, 0.2) is 0 Å².